The average molecular weight is 192 g/mol. The highest BCUT2D eigenvalue weighted by Gasteiger charge is 2.06. The van der Waals surface area contributed by atoms with E-state index in [9.17, 15) is 5.11 Å². The first-order valence-electron chi connectivity index (χ1n) is 5.37. The van der Waals surface area contributed by atoms with Crippen molar-refractivity contribution in [2.75, 3.05) is 0 Å². The van der Waals surface area contributed by atoms with Crippen molar-refractivity contribution in [3.05, 3.63) is 35.4 Å². The zero-order valence-corrected chi connectivity index (χ0v) is 9.33. The Bertz CT molecular complexity index is 276. The highest BCUT2D eigenvalue weighted by molar-refractivity contribution is 5.28. The normalized spacial score (nSPS) is 13.2. The molecule has 0 saturated heterocycles. The Morgan fingerprint density at radius 1 is 1.14 bits per heavy atom. The maximum Gasteiger partial charge on any atom is 0.0764 e. The van der Waals surface area contributed by atoms with E-state index in [4.69, 9.17) is 0 Å². The molecule has 1 rings (SSSR count). The molecule has 0 aliphatic heterocycles. The third-order valence-corrected chi connectivity index (χ3v) is 2.50. The maximum atomic E-state index is 9.57. The van der Waals surface area contributed by atoms with Crippen LogP contribution in [0.3, 0.4) is 0 Å². The van der Waals surface area contributed by atoms with E-state index in [1.165, 1.54) is 12.0 Å². The van der Waals surface area contributed by atoms with Crippen LogP contribution in [0.1, 0.15) is 44.4 Å². The van der Waals surface area contributed by atoms with Crippen LogP contribution in [-0.2, 0) is 6.42 Å². The fraction of sp³-hybridized carbons (Fsp3) is 0.538. The van der Waals surface area contributed by atoms with Crippen LogP contribution in [0.2, 0.25) is 0 Å². The molecular weight excluding hydrogens is 172 g/mol. The van der Waals surface area contributed by atoms with E-state index in [1.54, 1.807) is 0 Å². The Morgan fingerprint density at radius 3 is 2.36 bits per heavy atom. The van der Waals surface area contributed by atoms with Crippen LogP contribution in [0.5, 0.6) is 0 Å². The Hall–Kier alpha value is -0.820. The van der Waals surface area contributed by atoms with Crippen LogP contribution in [0.25, 0.3) is 0 Å². The highest BCUT2D eigenvalue weighted by Crippen LogP contribution is 2.19. The first-order valence-corrected chi connectivity index (χ1v) is 5.37. The number of benzene rings is 1. The van der Waals surface area contributed by atoms with E-state index in [0.29, 0.717) is 0 Å². The molecular formula is C13H20O. The van der Waals surface area contributed by atoms with E-state index in [-0.39, 0.29) is 6.10 Å². The van der Waals surface area contributed by atoms with Crippen molar-refractivity contribution >= 4 is 0 Å². The van der Waals surface area contributed by atoms with Crippen molar-refractivity contribution in [3.63, 3.8) is 0 Å². The third kappa shape index (κ3) is 3.15. The van der Waals surface area contributed by atoms with Crippen molar-refractivity contribution in [1.29, 1.82) is 0 Å². The van der Waals surface area contributed by atoms with Crippen molar-refractivity contribution in [1.82, 2.24) is 0 Å². The van der Waals surface area contributed by atoms with Gasteiger partial charge in [-0.25, -0.2) is 0 Å². The molecule has 0 aliphatic rings. The fourth-order valence-electron chi connectivity index (χ4n) is 1.61. The van der Waals surface area contributed by atoms with Gasteiger partial charge in [-0.2, -0.15) is 0 Å². The van der Waals surface area contributed by atoms with Gasteiger partial charge < -0.3 is 5.11 Å². The van der Waals surface area contributed by atoms with Crippen molar-refractivity contribution < 1.29 is 5.11 Å². The van der Waals surface area contributed by atoms with Gasteiger partial charge in [0.1, 0.15) is 0 Å². The second-order valence-electron chi connectivity index (χ2n) is 4.31. The zero-order valence-electron chi connectivity index (χ0n) is 9.33. The van der Waals surface area contributed by atoms with Gasteiger partial charge in [0.2, 0.25) is 0 Å². The largest absolute Gasteiger partial charge is 0.389 e. The first kappa shape index (κ1) is 11.3. The molecule has 78 valence electrons. The molecule has 1 N–H and O–H groups in total. The van der Waals surface area contributed by atoms with Crippen LogP contribution in [0, 0.1) is 5.92 Å². The molecule has 1 unspecified atom stereocenters. The van der Waals surface area contributed by atoms with Crippen LogP contribution >= 0.6 is 0 Å². The van der Waals surface area contributed by atoms with Crippen molar-refractivity contribution in [2.45, 2.75) is 39.7 Å². The lowest BCUT2D eigenvalue weighted by Crippen LogP contribution is -2.00. The van der Waals surface area contributed by atoms with Gasteiger partial charge in [0.15, 0.2) is 0 Å². The van der Waals surface area contributed by atoms with E-state index >= 15 is 0 Å². The molecule has 0 aromatic heterocycles. The molecule has 0 radical (unpaired) electrons. The summed E-state index contributed by atoms with van der Waals surface area (Å²) in [5, 5.41) is 9.57. The number of hydrogen-bond acceptors (Lipinski definition) is 1. The molecule has 1 atom stereocenters. The lowest BCUT2D eigenvalue weighted by Gasteiger charge is -2.12. The van der Waals surface area contributed by atoms with Gasteiger partial charge in [-0.1, -0.05) is 38.1 Å². The summed E-state index contributed by atoms with van der Waals surface area (Å²) in [7, 11) is 0. The molecule has 0 saturated carbocycles. The van der Waals surface area contributed by atoms with E-state index in [2.05, 4.69) is 19.9 Å². The van der Waals surface area contributed by atoms with Crippen molar-refractivity contribution in [2.24, 2.45) is 5.92 Å². The van der Waals surface area contributed by atoms with Crippen LogP contribution in [0.15, 0.2) is 24.3 Å². The summed E-state index contributed by atoms with van der Waals surface area (Å²) in [5.74, 6) is 0.719. The molecule has 1 nitrogen and oxygen atoms in total. The summed E-state index contributed by atoms with van der Waals surface area (Å²) < 4.78 is 0. The van der Waals surface area contributed by atoms with Gasteiger partial charge in [-0.05, 0) is 36.8 Å². The Labute approximate surface area is 86.8 Å². The summed E-state index contributed by atoms with van der Waals surface area (Å²) in [4.78, 5) is 0. The Morgan fingerprint density at radius 2 is 1.79 bits per heavy atom. The number of rotatable bonds is 4. The van der Waals surface area contributed by atoms with Crippen molar-refractivity contribution in [3.8, 4) is 0 Å². The van der Waals surface area contributed by atoms with Crippen LogP contribution in [0.4, 0.5) is 0 Å². The molecule has 0 bridgehead atoms. The standard InChI is InChI=1S/C13H20O/c1-10(2)8-9-12-6-4-5-7-13(12)11(3)14/h4-7,10-11,14H,8-9H2,1-3H3. The number of aliphatic hydroxyl groups is 1. The Balaban J connectivity index is 2.74. The molecule has 0 spiro atoms. The van der Waals surface area contributed by atoms with Crippen LogP contribution in [-0.4, -0.2) is 5.11 Å². The molecule has 1 aromatic carbocycles. The fourth-order valence-corrected chi connectivity index (χ4v) is 1.61. The minimum absolute atomic E-state index is 0.349. The number of aryl methyl sites for hydroxylation is 1. The molecule has 0 amide bonds. The maximum absolute atomic E-state index is 9.57. The summed E-state index contributed by atoms with van der Waals surface area (Å²) >= 11 is 0. The monoisotopic (exact) mass is 192 g/mol. The van der Waals surface area contributed by atoms with Gasteiger partial charge in [0, 0.05) is 0 Å². The predicted octanol–water partition coefficient (Wildman–Crippen LogP) is 3.33. The minimum Gasteiger partial charge on any atom is -0.389 e. The van der Waals surface area contributed by atoms with E-state index < -0.39 is 0 Å². The third-order valence-electron chi connectivity index (χ3n) is 2.50. The molecule has 1 heteroatoms. The van der Waals surface area contributed by atoms with Crippen LogP contribution < -0.4 is 0 Å². The first-order chi connectivity index (χ1) is 6.61. The summed E-state index contributed by atoms with van der Waals surface area (Å²) in [5.41, 5.74) is 2.37. The molecule has 0 heterocycles. The Kier molecular flexibility index (Phi) is 4.15. The van der Waals surface area contributed by atoms with Gasteiger partial charge in [0.05, 0.1) is 6.10 Å². The number of hydrogen-bond donors (Lipinski definition) is 1. The summed E-state index contributed by atoms with van der Waals surface area (Å²) in [6.07, 6.45) is 1.90. The molecule has 1 aromatic rings. The quantitative estimate of drug-likeness (QED) is 0.775. The lowest BCUT2D eigenvalue weighted by atomic mass is 9.96. The molecule has 14 heavy (non-hydrogen) atoms. The zero-order chi connectivity index (χ0) is 10.6. The summed E-state index contributed by atoms with van der Waals surface area (Å²) in [6, 6.07) is 8.16. The summed E-state index contributed by atoms with van der Waals surface area (Å²) in [6.45, 7) is 6.28. The van der Waals surface area contributed by atoms with E-state index in [1.807, 2.05) is 25.1 Å². The average Bonchev–Trinajstić information content (AvgIpc) is 2.15. The predicted molar refractivity (Wildman–Crippen MR) is 60.2 cm³/mol. The second kappa shape index (κ2) is 5.16. The SMILES string of the molecule is CC(C)CCc1ccccc1C(C)O. The number of aliphatic hydroxyl groups excluding tert-OH is 1. The minimum atomic E-state index is -0.349. The lowest BCUT2D eigenvalue weighted by molar-refractivity contribution is 0.198. The smallest absolute Gasteiger partial charge is 0.0764 e. The highest BCUT2D eigenvalue weighted by atomic mass is 16.3. The van der Waals surface area contributed by atoms with Gasteiger partial charge >= 0.3 is 0 Å². The van der Waals surface area contributed by atoms with E-state index in [0.717, 1.165) is 17.9 Å². The van der Waals surface area contributed by atoms with Gasteiger partial charge in [-0.3, -0.25) is 0 Å². The van der Waals surface area contributed by atoms with Gasteiger partial charge in [-0.15, -0.1) is 0 Å². The van der Waals surface area contributed by atoms with Gasteiger partial charge in [0.25, 0.3) is 0 Å². The second-order valence-corrected chi connectivity index (χ2v) is 4.31. The molecule has 0 aliphatic carbocycles. The molecule has 0 fully saturated rings. The topological polar surface area (TPSA) is 20.2 Å².